The number of methoxy groups -OCH3 is 1. The highest BCUT2D eigenvalue weighted by molar-refractivity contribution is 7.91. The predicted octanol–water partition coefficient (Wildman–Crippen LogP) is 3.95. The van der Waals surface area contributed by atoms with E-state index in [1.807, 2.05) is 19.9 Å². The summed E-state index contributed by atoms with van der Waals surface area (Å²) in [5.41, 5.74) is 2.30. The lowest BCUT2D eigenvalue weighted by Crippen LogP contribution is -2.16. The van der Waals surface area contributed by atoms with E-state index in [4.69, 9.17) is 16.3 Å². The lowest BCUT2D eigenvalue weighted by atomic mass is 10.3. The van der Waals surface area contributed by atoms with Crippen LogP contribution in [0.4, 0.5) is 5.69 Å². The van der Waals surface area contributed by atoms with E-state index in [9.17, 15) is 13.2 Å². The van der Waals surface area contributed by atoms with Crippen molar-refractivity contribution in [2.24, 2.45) is 0 Å². The highest BCUT2D eigenvalue weighted by atomic mass is 35.5. The first kappa shape index (κ1) is 23.5. The van der Waals surface area contributed by atoms with Crippen molar-refractivity contribution in [3.63, 3.8) is 0 Å². The number of aromatic nitrogens is 4. The van der Waals surface area contributed by atoms with Gasteiger partial charge in [-0.05, 0) is 62.4 Å². The summed E-state index contributed by atoms with van der Waals surface area (Å²) < 4.78 is 34.8. The van der Waals surface area contributed by atoms with Crippen LogP contribution < -0.4 is 10.1 Å². The molecule has 0 radical (unpaired) electrons. The standard InChI is InChI=1S/C23H22ClN5O4S/c1-15-10-16(2)29(26-15)14-28-9-8-22(27-28)23(30)25-18-11-19(33-3)13-21(12-18)34(31,32)20-6-4-17(24)5-7-20/h4-13H,14H2,1-3H3,(H,25,30). The molecule has 0 aliphatic heterocycles. The Labute approximate surface area is 201 Å². The Morgan fingerprint density at radius 2 is 1.76 bits per heavy atom. The Hall–Kier alpha value is -3.63. The fourth-order valence-electron chi connectivity index (χ4n) is 3.38. The van der Waals surface area contributed by atoms with E-state index in [1.165, 1.54) is 49.6 Å². The molecule has 0 spiro atoms. The maximum absolute atomic E-state index is 13.1. The molecule has 0 bridgehead atoms. The van der Waals surface area contributed by atoms with Crippen LogP contribution in [0.2, 0.25) is 5.02 Å². The van der Waals surface area contributed by atoms with Gasteiger partial charge in [0.2, 0.25) is 9.84 Å². The van der Waals surface area contributed by atoms with Gasteiger partial charge in [-0.25, -0.2) is 13.1 Å². The summed E-state index contributed by atoms with van der Waals surface area (Å²) in [6.45, 7) is 4.20. The first-order valence-corrected chi connectivity index (χ1v) is 12.1. The molecule has 0 unspecified atom stereocenters. The minimum Gasteiger partial charge on any atom is -0.497 e. The number of sulfone groups is 1. The molecule has 176 valence electrons. The second kappa shape index (κ2) is 9.32. The number of amides is 1. The molecule has 34 heavy (non-hydrogen) atoms. The van der Waals surface area contributed by atoms with Gasteiger partial charge in [0.25, 0.3) is 5.91 Å². The minimum absolute atomic E-state index is 0.0282. The number of ether oxygens (including phenoxy) is 1. The number of rotatable bonds is 7. The first-order valence-electron chi connectivity index (χ1n) is 10.2. The molecule has 2 heterocycles. The number of benzene rings is 2. The zero-order chi connectivity index (χ0) is 24.5. The second-order valence-electron chi connectivity index (χ2n) is 7.62. The van der Waals surface area contributed by atoms with Gasteiger partial charge in [0.05, 0.1) is 22.6 Å². The Morgan fingerprint density at radius 1 is 1.03 bits per heavy atom. The highest BCUT2D eigenvalue weighted by Gasteiger charge is 2.20. The number of hydrogen-bond donors (Lipinski definition) is 1. The topological polar surface area (TPSA) is 108 Å². The van der Waals surface area contributed by atoms with Crippen LogP contribution >= 0.6 is 11.6 Å². The van der Waals surface area contributed by atoms with Gasteiger partial charge in [-0.15, -0.1) is 0 Å². The van der Waals surface area contributed by atoms with Crippen LogP contribution in [-0.4, -0.2) is 41.0 Å². The van der Waals surface area contributed by atoms with Crippen molar-refractivity contribution in [2.45, 2.75) is 30.3 Å². The van der Waals surface area contributed by atoms with E-state index in [0.29, 0.717) is 11.7 Å². The summed E-state index contributed by atoms with van der Waals surface area (Å²) in [6, 6.07) is 13.7. The Kier molecular flexibility index (Phi) is 6.45. The van der Waals surface area contributed by atoms with Crippen molar-refractivity contribution in [3.05, 3.63) is 82.9 Å². The van der Waals surface area contributed by atoms with Crippen LogP contribution in [0.3, 0.4) is 0 Å². The Balaban J connectivity index is 1.57. The smallest absolute Gasteiger partial charge is 0.276 e. The molecule has 0 aliphatic rings. The van der Waals surface area contributed by atoms with E-state index in [0.717, 1.165) is 11.4 Å². The van der Waals surface area contributed by atoms with Gasteiger partial charge in [-0.1, -0.05) is 11.6 Å². The fourth-order valence-corrected chi connectivity index (χ4v) is 4.82. The normalized spacial score (nSPS) is 11.4. The molecule has 1 N–H and O–H groups in total. The molecule has 1 amide bonds. The van der Waals surface area contributed by atoms with E-state index < -0.39 is 15.7 Å². The average molecular weight is 500 g/mol. The number of hydrogen-bond acceptors (Lipinski definition) is 6. The molecule has 0 saturated carbocycles. The predicted molar refractivity (Wildman–Crippen MR) is 127 cm³/mol. The maximum atomic E-state index is 13.1. The molecule has 4 aromatic rings. The third-order valence-electron chi connectivity index (χ3n) is 5.06. The van der Waals surface area contributed by atoms with Crippen LogP contribution in [0.1, 0.15) is 21.9 Å². The summed E-state index contributed by atoms with van der Waals surface area (Å²) in [5, 5.41) is 11.8. The zero-order valence-corrected chi connectivity index (χ0v) is 20.3. The number of halogens is 1. The molecule has 0 saturated heterocycles. The van der Waals surface area contributed by atoms with Gasteiger partial charge in [-0.2, -0.15) is 10.2 Å². The lowest BCUT2D eigenvalue weighted by Gasteiger charge is -2.11. The lowest BCUT2D eigenvalue weighted by molar-refractivity contribution is 0.102. The first-order chi connectivity index (χ1) is 16.2. The van der Waals surface area contributed by atoms with Crippen LogP contribution in [0, 0.1) is 13.8 Å². The van der Waals surface area contributed by atoms with Gasteiger partial charge in [0, 0.05) is 28.7 Å². The monoisotopic (exact) mass is 499 g/mol. The van der Waals surface area contributed by atoms with Crippen molar-refractivity contribution in [3.8, 4) is 5.75 Å². The molecular formula is C23H22ClN5O4S. The van der Waals surface area contributed by atoms with E-state index in [-0.39, 0.29) is 26.9 Å². The molecule has 4 rings (SSSR count). The SMILES string of the molecule is COc1cc(NC(=O)c2ccn(Cn3nc(C)cc3C)n2)cc(S(=O)(=O)c2ccc(Cl)cc2)c1. The van der Waals surface area contributed by atoms with Gasteiger partial charge in [0.1, 0.15) is 12.4 Å². The molecule has 0 atom stereocenters. The summed E-state index contributed by atoms with van der Waals surface area (Å²) in [7, 11) is -2.45. The zero-order valence-electron chi connectivity index (χ0n) is 18.7. The van der Waals surface area contributed by atoms with Crippen molar-refractivity contribution >= 4 is 33.0 Å². The summed E-state index contributed by atoms with van der Waals surface area (Å²) in [6.07, 6.45) is 1.67. The number of carbonyl (C=O) groups excluding carboxylic acids is 1. The minimum atomic E-state index is -3.86. The molecule has 9 nitrogen and oxygen atoms in total. The molecule has 0 aliphatic carbocycles. The third kappa shape index (κ3) is 4.97. The van der Waals surface area contributed by atoms with Crippen molar-refractivity contribution in [2.75, 3.05) is 12.4 Å². The molecular weight excluding hydrogens is 478 g/mol. The van der Waals surface area contributed by atoms with E-state index in [1.54, 1.807) is 21.6 Å². The van der Waals surface area contributed by atoms with Crippen molar-refractivity contribution in [1.82, 2.24) is 19.6 Å². The highest BCUT2D eigenvalue weighted by Crippen LogP contribution is 2.29. The van der Waals surface area contributed by atoms with Gasteiger partial charge >= 0.3 is 0 Å². The molecule has 2 aromatic heterocycles. The van der Waals surface area contributed by atoms with Crippen LogP contribution in [0.25, 0.3) is 0 Å². The summed E-state index contributed by atoms with van der Waals surface area (Å²) in [5.74, 6) is -0.212. The maximum Gasteiger partial charge on any atom is 0.276 e. The molecule has 2 aromatic carbocycles. The Morgan fingerprint density at radius 3 is 2.41 bits per heavy atom. The molecule has 11 heteroatoms. The van der Waals surface area contributed by atoms with Crippen LogP contribution in [0.5, 0.6) is 5.75 Å². The van der Waals surface area contributed by atoms with Gasteiger partial charge < -0.3 is 10.1 Å². The Bertz CT molecular complexity index is 1460. The van der Waals surface area contributed by atoms with Gasteiger partial charge in [0.15, 0.2) is 5.69 Å². The number of carbonyl (C=O) groups is 1. The number of nitrogens with zero attached hydrogens (tertiary/aromatic N) is 4. The quantitative estimate of drug-likeness (QED) is 0.412. The summed E-state index contributed by atoms with van der Waals surface area (Å²) in [4.78, 5) is 12.9. The average Bonchev–Trinajstić information content (AvgIpc) is 3.39. The van der Waals surface area contributed by atoms with E-state index in [2.05, 4.69) is 15.5 Å². The van der Waals surface area contributed by atoms with Crippen molar-refractivity contribution < 1.29 is 17.9 Å². The number of anilines is 1. The second-order valence-corrected chi connectivity index (χ2v) is 10.0. The van der Waals surface area contributed by atoms with Crippen LogP contribution in [-0.2, 0) is 16.5 Å². The largest absolute Gasteiger partial charge is 0.497 e. The van der Waals surface area contributed by atoms with Crippen LogP contribution in [0.15, 0.2) is 70.6 Å². The number of aryl methyl sites for hydroxylation is 2. The fraction of sp³-hybridized carbons (Fsp3) is 0.174. The third-order valence-corrected chi connectivity index (χ3v) is 7.06. The van der Waals surface area contributed by atoms with E-state index >= 15 is 0 Å². The number of nitrogens with one attached hydrogen (secondary N) is 1. The molecule has 0 fully saturated rings. The van der Waals surface area contributed by atoms with Gasteiger partial charge in [-0.3, -0.25) is 9.48 Å². The summed E-state index contributed by atoms with van der Waals surface area (Å²) >= 11 is 5.88. The van der Waals surface area contributed by atoms with Crippen molar-refractivity contribution in [1.29, 1.82) is 0 Å².